The summed E-state index contributed by atoms with van der Waals surface area (Å²) in [6, 6.07) is 12.4. The van der Waals surface area contributed by atoms with Gasteiger partial charge in [0.2, 0.25) is 0 Å². The van der Waals surface area contributed by atoms with E-state index in [1.165, 1.54) is 0 Å². The maximum atomic E-state index is 11.9. The topological polar surface area (TPSA) is 65.4 Å². The smallest absolute Gasteiger partial charge is 0.410 e. The number of hydrogen-bond acceptors (Lipinski definition) is 4. The predicted molar refractivity (Wildman–Crippen MR) is 88.9 cm³/mol. The fraction of sp³-hybridized carbons (Fsp3) is 0.556. The Labute approximate surface area is 138 Å². The van der Waals surface area contributed by atoms with Gasteiger partial charge in [-0.05, 0) is 33.3 Å². The van der Waals surface area contributed by atoms with Gasteiger partial charge in [-0.25, -0.2) is 4.79 Å². The molecule has 1 heterocycles. The van der Waals surface area contributed by atoms with Crippen LogP contribution in [0.15, 0.2) is 30.3 Å². The number of benzene rings is 1. The molecule has 1 aromatic carbocycles. The van der Waals surface area contributed by atoms with E-state index in [1.54, 1.807) is 4.90 Å². The highest BCUT2D eigenvalue weighted by molar-refractivity contribution is 5.69. The number of amides is 1. The summed E-state index contributed by atoms with van der Waals surface area (Å²) in [5, 5.41) is 12.9. The fourth-order valence-corrected chi connectivity index (χ4v) is 2.62. The number of hydrogen-bond donors (Lipinski definition) is 1. The zero-order chi connectivity index (χ0) is 17.1. The van der Waals surface area contributed by atoms with Gasteiger partial charge in [0.15, 0.2) is 0 Å². The van der Waals surface area contributed by atoms with Gasteiger partial charge in [-0.15, -0.1) is 0 Å². The molecule has 1 aliphatic heterocycles. The molecule has 23 heavy (non-hydrogen) atoms. The van der Waals surface area contributed by atoms with E-state index in [0.29, 0.717) is 19.5 Å². The summed E-state index contributed by atoms with van der Waals surface area (Å²) in [6.45, 7) is 8.60. The first-order valence-electron chi connectivity index (χ1n) is 7.92. The molecule has 0 radical (unpaired) electrons. The average Bonchev–Trinajstić information content (AvgIpc) is 2.41. The molecule has 1 aromatic rings. The molecule has 0 saturated carbocycles. The highest BCUT2D eigenvalue weighted by Gasteiger charge is 2.37. The minimum Gasteiger partial charge on any atom is -0.444 e. The molecule has 1 amide bonds. The van der Waals surface area contributed by atoms with Gasteiger partial charge in [-0.3, -0.25) is 5.32 Å². The van der Waals surface area contributed by atoms with E-state index < -0.39 is 11.1 Å². The Morgan fingerprint density at radius 1 is 1.30 bits per heavy atom. The second-order valence-electron chi connectivity index (χ2n) is 7.33. The number of rotatable bonds is 4. The van der Waals surface area contributed by atoms with Crippen molar-refractivity contribution in [3.05, 3.63) is 35.9 Å². The molecule has 124 valence electrons. The van der Waals surface area contributed by atoms with Crippen LogP contribution < -0.4 is 5.32 Å². The summed E-state index contributed by atoms with van der Waals surface area (Å²) in [6.07, 6.45) is 0.338. The Hall–Kier alpha value is -2.06. The molecule has 1 N–H and O–H groups in total. The van der Waals surface area contributed by atoms with Crippen LogP contribution in [0.4, 0.5) is 4.79 Å². The van der Waals surface area contributed by atoms with Gasteiger partial charge >= 0.3 is 6.09 Å². The Morgan fingerprint density at radius 3 is 2.43 bits per heavy atom. The highest BCUT2D eigenvalue weighted by Crippen LogP contribution is 2.19. The molecule has 1 saturated heterocycles. The van der Waals surface area contributed by atoms with E-state index >= 15 is 0 Å². The van der Waals surface area contributed by atoms with Gasteiger partial charge in [0.05, 0.1) is 6.07 Å². The quantitative estimate of drug-likeness (QED) is 0.928. The highest BCUT2D eigenvalue weighted by atomic mass is 16.6. The summed E-state index contributed by atoms with van der Waals surface area (Å²) in [5.74, 6) is 0. The van der Waals surface area contributed by atoms with Crippen molar-refractivity contribution in [1.29, 1.82) is 5.26 Å². The molecule has 5 nitrogen and oxygen atoms in total. The minimum absolute atomic E-state index is 0.121. The lowest BCUT2D eigenvalue weighted by Gasteiger charge is -2.43. The molecule has 5 heteroatoms. The third-order valence-electron chi connectivity index (χ3n) is 3.70. The van der Waals surface area contributed by atoms with Crippen LogP contribution in [-0.4, -0.2) is 41.3 Å². The van der Waals surface area contributed by atoms with Crippen molar-refractivity contribution in [2.24, 2.45) is 0 Å². The number of carbonyl (C=O) groups excluding carboxylic acids is 1. The first-order valence-corrected chi connectivity index (χ1v) is 7.92. The molecule has 1 fully saturated rings. The van der Waals surface area contributed by atoms with Gasteiger partial charge < -0.3 is 9.64 Å². The van der Waals surface area contributed by atoms with Crippen LogP contribution in [0.25, 0.3) is 0 Å². The number of nitrogens with one attached hydrogen (secondary N) is 1. The lowest BCUT2D eigenvalue weighted by Crippen LogP contribution is -2.65. The van der Waals surface area contributed by atoms with Crippen LogP contribution in [-0.2, 0) is 11.2 Å². The van der Waals surface area contributed by atoms with Crippen LogP contribution in [0.3, 0.4) is 0 Å². The molecule has 2 rings (SSSR count). The van der Waals surface area contributed by atoms with Gasteiger partial charge in [0.25, 0.3) is 0 Å². The summed E-state index contributed by atoms with van der Waals surface area (Å²) in [5.41, 5.74) is -0.0109. The maximum Gasteiger partial charge on any atom is 0.410 e. The van der Waals surface area contributed by atoms with Crippen LogP contribution in [0, 0.1) is 11.3 Å². The number of nitrogens with zero attached hydrogens (tertiary/aromatic N) is 2. The van der Waals surface area contributed by atoms with Crippen molar-refractivity contribution in [2.75, 3.05) is 13.1 Å². The van der Waals surface area contributed by atoms with Crippen LogP contribution in [0.1, 0.15) is 33.3 Å². The third-order valence-corrected chi connectivity index (χ3v) is 3.70. The zero-order valence-electron chi connectivity index (χ0n) is 14.3. The molecular weight excluding hydrogens is 290 g/mol. The first-order chi connectivity index (χ1) is 10.7. The molecule has 0 unspecified atom stereocenters. The molecular formula is C18H25N3O2. The van der Waals surface area contributed by atoms with Gasteiger partial charge in [0.1, 0.15) is 11.1 Å². The molecule has 0 spiro atoms. The van der Waals surface area contributed by atoms with Crippen LogP contribution in [0.5, 0.6) is 0 Å². The Balaban J connectivity index is 1.85. The number of nitriles is 1. The lowest BCUT2D eigenvalue weighted by atomic mass is 9.92. The van der Waals surface area contributed by atoms with E-state index in [2.05, 4.69) is 11.4 Å². The van der Waals surface area contributed by atoms with Crippen molar-refractivity contribution in [1.82, 2.24) is 10.2 Å². The molecule has 1 atom stereocenters. The normalized spacial score (nSPS) is 17.8. The standard InChI is InChI=1S/C18H25N3O2/c1-17(2,3)23-16(22)21-11-15(12-21)20-18(4,13-19)10-14-8-6-5-7-9-14/h5-9,15,20H,10-12H2,1-4H3/t18-/m1/s1. The summed E-state index contributed by atoms with van der Waals surface area (Å²) in [7, 11) is 0. The second kappa shape index (κ2) is 6.59. The number of carbonyl (C=O) groups is 1. The van der Waals surface area contributed by atoms with E-state index in [9.17, 15) is 10.1 Å². The van der Waals surface area contributed by atoms with Crippen molar-refractivity contribution < 1.29 is 9.53 Å². The Bertz CT molecular complexity index is 583. The second-order valence-corrected chi connectivity index (χ2v) is 7.33. The monoisotopic (exact) mass is 315 g/mol. The molecule has 0 aliphatic carbocycles. The maximum absolute atomic E-state index is 11.9. The third kappa shape index (κ3) is 4.97. The first kappa shape index (κ1) is 17.3. The zero-order valence-corrected chi connectivity index (χ0v) is 14.3. The van der Waals surface area contributed by atoms with Crippen LogP contribution in [0.2, 0.25) is 0 Å². The number of likely N-dealkylation sites (tertiary alicyclic amines) is 1. The molecule has 0 bridgehead atoms. The minimum atomic E-state index is -0.647. The fourth-order valence-electron chi connectivity index (χ4n) is 2.62. The van der Waals surface area contributed by atoms with Crippen LogP contribution >= 0.6 is 0 Å². The van der Waals surface area contributed by atoms with Gasteiger partial charge in [0, 0.05) is 25.6 Å². The average molecular weight is 315 g/mol. The van der Waals surface area contributed by atoms with E-state index in [0.717, 1.165) is 5.56 Å². The van der Waals surface area contributed by atoms with Gasteiger partial charge in [-0.1, -0.05) is 30.3 Å². The van der Waals surface area contributed by atoms with E-state index in [4.69, 9.17) is 4.74 Å². The Kier molecular flexibility index (Phi) is 4.96. The Morgan fingerprint density at radius 2 is 1.91 bits per heavy atom. The lowest BCUT2D eigenvalue weighted by molar-refractivity contribution is 0.00320. The summed E-state index contributed by atoms with van der Waals surface area (Å²) >= 11 is 0. The SMILES string of the molecule is CC(C)(C)OC(=O)N1CC(N[C@@](C)(C#N)Cc2ccccc2)C1. The van der Waals surface area contributed by atoms with Crippen molar-refractivity contribution in [2.45, 2.75) is 51.3 Å². The van der Waals surface area contributed by atoms with Crippen molar-refractivity contribution >= 4 is 6.09 Å². The predicted octanol–water partition coefficient (Wildman–Crippen LogP) is 2.72. The van der Waals surface area contributed by atoms with Crippen molar-refractivity contribution in [3.63, 3.8) is 0 Å². The molecule has 1 aliphatic rings. The number of ether oxygens (including phenoxy) is 1. The molecule has 0 aromatic heterocycles. The summed E-state index contributed by atoms with van der Waals surface area (Å²) in [4.78, 5) is 13.6. The van der Waals surface area contributed by atoms with E-state index in [-0.39, 0.29) is 12.1 Å². The van der Waals surface area contributed by atoms with E-state index in [1.807, 2.05) is 58.0 Å². The van der Waals surface area contributed by atoms with Gasteiger partial charge in [-0.2, -0.15) is 5.26 Å². The summed E-state index contributed by atoms with van der Waals surface area (Å²) < 4.78 is 5.34. The van der Waals surface area contributed by atoms with Crippen molar-refractivity contribution in [3.8, 4) is 6.07 Å². The largest absolute Gasteiger partial charge is 0.444 e.